The third kappa shape index (κ3) is 1.84. The van der Waals surface area contributed by atoms with Crippen LogP contribution in [0.4, 0.5) is 0 Å². The van der Waals surface area contributed by atoms with Gasteiger partial charge in [-0.25, -0.2) is 4.79 Å². The van der Waals surface area contributed by atoms with Gasteiger partial charge in [0.2, 0.25) is 5.76 Å². The molecule has 2 rings (SSSR count). The summed E-state index contributed by atoms with van der Waals surface area (Å²) in [4.78, 5) is 10.7. The molecule has 0 saturated heterocycles. The summed E-state index contributed by atoms with van der Waals surface area (Å²) in [5.74, 6) is -0.588. The lowest BCUT2D eigenvalue weighted by atomic mass is 10.3. The van der Waals surface area contributed by atoms with Gasteiger partial charge in [0.15, 0.2) is 5.76 Å². The van der Waals surface area contributed by atoms with E-state index in [1.54, 1.807) is 23.0 Å². The summed E-state index contributed by atoms with van der Waals surface area (Å²) in [5, 5.41) is 12.9. The third-order valence-electron chi connectivity index (χ3n) is 2.22. The Morgan fingerprint density at radius 3 is 2.94 bits per heavy atom. The van der Waals surface area contributed by atoms with Gasteiger partial charge in [0.1, 0.15) is 5.69 Å². The zero-order valence-electron chi connectivity index (χ0n) is 8.88. The number of hydrogen-bond donors (Lipinski definition) is 1. The number of carbonyl (C=O) groups is 1. The minimum atomic E-state index is -1.06. The number of carboxylic acids is 1. The predicted molar refractivity (Wildman–Crippen MR) is 57.2 cm³/mol. The zero-order valence-corrected chi connectivity index (χ0v) is 8.88. The van der Waals surface area contributed by atoms with Crippen LogP contribution in [0.5, 0.6) is 0 Å². The Morgan fingerprint density at radius 1 is 1.50 bits per heavy atom. The van der Waals surface area contributed by atoms with Crippen molar-refractivity contribution < 1.29 is 14.3 Å². The fourth-order valence-electron chi connectivity index (χ4n) is 1.52. The fraction of sp³-hybridized carbons (Fsp3) is 0.273. The maximum absolute atomic E-state index is 10.7. The maximum atomic E-state index is 10.7. The topological polar surface area (TPSA) is 68.3 Å². The highest BCUT2D eigenvalue weighted by Crippen LogP contribution is 2.22. The molecule has 1 N–H and O–H groups in total. The summed E-state index contributed by atoms with van der Waals surface area (Å²) >= 11 is 0. The highest BCUT2D eigenvalue weighted by atomic mass is 16.4. The van der Waals surface area contributed by atoms with E-state index in [0.29, 0.717) is 5.76 Å². The van der Waals surface area contributed by atoms with Gasteiger partial charge < -0.3 is 9.52 Å². The van der Waals surface area contributed by atoms with Crippen LogP contribution < -0.4 is 0 Å². The van der Waals surface area contributed by atoms with Gasteiger partial charge >= 0.3 is 5.97 Å². The van der Waals surface area contributed by atoms with Crippen LogP contribution in [0.25, 0.3) is 11.5 Å². The van der Waals surface area contributed by atoms with Gasteiger partial charge in [-0.2, -0.15) is 5.10 Å². The standard InChI is InChI=1S/C11H12N2O3/c1-2-7-13-8(5-6-12-13)9-3-4-10(16-9)11(14)15/h3-6H,2,7H2,1H3,(H,14,15). The molecule has 2 aromatic heterocycles. The Morgan fingerprint density at radius 2 is 2.31 bits per heavy atom. The molecule has 0 saturated carbocycles. The van der Waals surface area contributed by atoms with E-state index in [0.717, 1.165) is 18.7 Å². The average Bonchev–Trinajstić information content (AvgIpc) is 2.84. The predicted octanol–water partition coefficient (Wildman–Crippen LogP) is 2.25. The van der Waals surface area contributed by atoms with Gasteiger partial charge in [-0.1, -0.05) is 6.92 Å². The van der Waals surface area contributed by atoms with Crippen LogP contribution in [-0.2, 0) is 6.54 Å². The van der Waals surface area contributed by atoms with Crippen LogP contribution in [0.1, 0.15) is 23.9 Å². The summed E-state index contributed by atoms with van der Waals surface area (Å²) in [5.41, 5.74) is 0.800. The summed E-state index contributed by atoms with van der Waals surface area (Å²) < 4.78 is 7.01. The first-order valence-electron chi connectivity index (χ1n) is 5.07. The molecule has 0 aromatic carbocycles. The molecular weight excluding hydrogens is 208 g/mol. The Bertz CT molecular complexity index is 499. The van der Waals surface area contributed by atoms with E-state index < -0.39 is 5.97 Å². The van der Waals surface area contributed by atoms with Crippen LogP contribution in [0.3, 0.4) is 0 Å². The monoisotopic (exact) mass is 220 g/mol. The van der Waals surface area contributed by atoms with Crippen molar-refractivity contribution in [1.29, 1.82) is 0 Å². The molecule has 5 nitrogen and oxygen atoms in total. The van der Waals surface area contributed by atoms with Crippen molar-refractivity contribution in [2.45, 2.75) is 19.9 Å². The van der Waals surface area contributed by atoms with Gasteiger partial charge in [-0.15, -0.1) is 0 Å². The lowest BCUT2D eigenvalue weighted by Gasteiger charge is -2.02. The van der Waals surface area contributed by atoms with E-state index in [1.165, 1.54) is 6.07 Å². The van der Waals surface area contributed by atoms with Crippen molar-refractivity contribution in [1.82, 2.24) is 9.78 Å². The van der Waals surface area contributed by atoms with Crippen LogP contribution in [0, 0.1) is 0 Å². The fourth-order valence-corrected chi connectivity index (χ4v) is 1.52. The number of aryl methyl sites for hydroxylation is 1. The molecule has 2 heterocycles. The molecule has 0 aliphatic heterocycles. The SMILES string of the molecule is CCCn1nccc1-c1ccc(C(=O)O)o1. The number of nitrogens with zero attached hydrogens (tertiary/aromatic N) is 2. The van der Waals surface area contributed by atoms with Gasteiger partial charge in [-0.3, -0.25) is 4.68 Å². The van der Waals surface area contributed by atoms with Gasteiger partial charge in [0.25, 0.3) is 0 Å². The molecule has 16 heavy (non-hydrogen) atoms. The second kappa shape index (κ2) is 4.22. The number of furan rings is 1. The number of carboxylic acid groups (broad SMARTS) is 1. The Labute approximate surface area is 92.3 Å². The van der Waals surface area contributed by atoms with Crippen LogP contribution in [-0.4, -0.2) is 20.9 Å². The smallest absolute Gasteiger partial charge is 0.371 e. The first-order valence-corrected chi connectivity index (χ1v) is 5.07. The number of rotatable bonds is 4. The highest BCUT2D eigenvalue weighted by molar-refractivity contribution is 5.85. The first-order chi connectivity index (χ1) is 7.72. The lowest BCUT2D eigenvalue weighted by molar-refractivity contribution is 0.0663. The molecule has 0 atom stereocenters. The molecule has 0 spiro atoms. The van der Waals surface area contributed by atoms with Crippen LogP contribution in [0.15, 0.2) is 28.8 Å². The normalized spacial score (nSPS) is 10.6. The largest absolute Gasteiger partial charge is 0.475 e. The summed E-state index contributed by atoms with van der Waals surface area (Å²) in [6.45, 7) is 2.84. The lowest BCUT2D eigenvalue weighted by Crippen LogP contribution is -2.00. The van der Waals surface area contributed by atoms with E-state index in [4.69, 9.17) is 9.52 Å². The molecular formula is C11H12N2O3. The molecule has 0 amide bonds. The van der Waals surface area contributed by atoms with Crippen molar-refractivity contribution in [3.05, 3.63) is 30.2 Å². The molecule has 0 unspecified atom stereocenters. The van der Waals surface area contributed by atoms with Crippen molar-refractivity contribution in [2.24, 2.45) is 0 Å². The van der Waals surface area contributed by atoms with Crippen molar-refractivity contribution >= 4 is 5.97 Å². The maximum Gasteiger partial charge on any atom is 0.371 e. The van der Waals surface area contributed by atoms with E-state index >= 15 is 0 Å². The number of aromatic carboxylic acids is 1. The minimum absolute atomic E-state index is 0.0563. The first kappa shape index (κ1) is 10.5. The van der Waals surface area contributed by atoms with Crippen molar-refractivity contribution in [3.63, 3.8) is 0 Å². The molecule has 0 radical (unpaired) electrons. The second-order valence-electron chi connectivity index (χ2n) is 3.41. The second-order valence-corrected chi connectivity index (χ2v) is 3.41. The van der Waals surface area contributed by atoms with E-state index in [1.807, 2.05) is 0 Å². The Balaban J connectivity index is 2.34. The molecule has 0 aliphatic carbocycles. The molecule has 0 fully saturated rings. The summed E-state index contributed by atoms with van der Waals surface area (Å²) in [6.07, 6.45) is 2.63. The Kier molecular flexibility index (Phi) is 2.76. The third-order valence-corrected chi connectivity index (χ3v) is 2.22. The van der Waals surface area contributed by atoms with E-state index in [2.05, 4.69) is 12.0 Å². The summed E-state index contributed by atoms with van der Waals surface area (Å²) in [7, 11) is 0. The van der Waals surface area contributed by atoms with Crippen molar-refractivity contribution in [3.8, 4) is 11.5 Å². The van der Waals surface area contributed by atoms with Crippen LogP contribution >= 0.6 is 0 Å². The van der Waals surface area contributed by atoms with Gasteiger partial charge in [0.05, 0.1) is 0 Å². The molecule has 84 valence electrons. The molecule has 2 aromatic rings. The van der Waals surface area contributed by atoms with E-state index in [9.17, 15) is 4.79 Å². The molecule has 0 aliphatic rings. The minimum Gasteiger partial charge on any atom is -0.475 e. The van der Waals surface area contributed by atoms with Gasteiger partial charge in [0, 0.05) is 12.7 Å². The van der Waals surface area contributed by atoms with Gasteiger partial charge in [-0.05, 0) is 24.6 Å². The van der Waals surface area contributed by atoms with E-state index in [-0.39, 0.29) is 5.76 Å². The quantitative estimate of drug-likeness (QED) is 0.858. The molecule has 5 heteroatoms. The zero-order chi connectivity index (χ0) is 11.5. The number of hydrogen-bond acceptors (Lipinski definition) is 3. The molecule has 0 bridgehead atoms. The average molecular weight is 220 g/mol. The van der Waals surface area contributed by atoms with Crippen molar-refractivity contribution in [2.75, 3.05) is 0 Å². The summed E-state index contributed by atoms with van der Waals surface area (Å²) in [6, 6.07) is 4.90. The Hall–Kier alpha value is -2.04. The number of aromatic nitrogens is 2. The van der Waals surface area contributed by atoms with Crippen LogP contribution in [0.2, 0.25) is 0 Å². The highest BCUT2D eigenvalue weighted by Gasteiger charge is 2.13.